The Hall–Kier alpha value is -2.92. The molecule has 1 heterocycles. The van der Waals surface area contributed by atoms with Crippen molar-refractivity contribution in [1.29, 1.82) is 0 Å². The molecule has 3 aromatic rings. The molecule has 24 heavy (non-hydrogen) atoms. The molecule has 0 saturated carbocycles. The molecule has 0 unspecified atom stereocenters. The van der Waals surface area contributed by atoms with Crippen molar-refractivity contribution in [2.24, 2.45) is 0 Å². The maximum Gasteiger partial charge on any atom is 0.307 e. The number of nitrogens with zero attached hydrogens (tertiary/aromatic N) is 1. The Bertz CT molecular complexity index is 925. The zero-order valence-corrected chi connectivity index (χ0v) is 13.2. The lowest BCUT2D eigenvalue weighted by Crippen LogP contribution is -2.14. The van der Waals surface area contributed by atoms with E-state index in [0.717, 1.165) is 0 Å². The van der Waals surface area contributed by atoms with Gasteiger partial charge in [0.1, 0.15) is 0 Å². The lowest BCUT2D eigenvalue weighted by atomic mass is 10.1. The molecule has 0 spiro atoms. The van der Waals surface area contributed by atoms with Gasteiger partial charge in [0.05, 0.1) is 18.5 Å². The van der Waals surface area contributed by atoms with Crippen molar-refractivity contribution in [2.45, 2.75) is 20.0 Å². The maximum atomic E-state index is 12.9. The monoisotopic (exact) mass is 323 g/mol. The first-order chi connectivity index (χ1) is 11.5. The highest BCUT2D eigenvalue weighted by Gasteiger charge is 2.21. The summed E-state index contributed by atoms with van der Waals surface area (Å²) in [7, 11) is 0. The number of aliphatic hydroxyl groups is 1. The number of hydrogen-bond acceptors (Lipinski definition) is 3. The van der Waals surface area contributed by atoms with E-state index in [1.807, 2.05) is 6.07 Å². The van der Waals surface area contributed by atoms with Gasteiger partial charge in [-0.1, -0.05) is 24.3 Å². The van der Waals surface area contributed by atoms with Crippen molar-refractivity contribution in [1.82, 2.24) is 4.57 Å². The number of aliphatic carboxylic acids is 1. The fourth-order valence-electron chi connectivity index (χ4n) is 2.97. The molecular weight excluding hydrogens is 306 g/mol. The van der Waals surface area contributed by atoms with Crippen LogP contribution in [0.2, 0.25) is 0 Å². The van der Waals surface area contributed by atoms with E-state index in [0.29, 0.717) is 33.3 Å². The van der Waals surface area contributed by atoms with Gasteiger partial charge in [0, 0.05) is 16.6 Å². The predicted octanol–water partition coefficient (Wildman–Crippen LogP) is 2.76. The number of aromatic nitrogens is 1. The van der Waals surface area contributed by atoms with Gasteiger partial charge in [-0.05, 0) is 42.3 Å². The average Bonchev–Trinajstić information content (AvgIpc) is 2.86. The van der Waals surface area contributed by atoms with Crippen molar-refractivity contribution < 1.29 is 19.8 Å². The number of carbonyl (C=O) groups is 2. The van der Waals surface area contributed by atoms with E-state index in [1.165, 1.54) is 0 Å². The van der Waals surface area contributed by atoms with E-state index in [1.54, 1.807) is 54.0 Å². The molecule has 0 bridgehead atoms. The van der Waals surface area contributed by atoms with Gasteiger partial charge in [-0.3, -0.25) is 14.2 Å². The summed E-state index contributed by atoms with van der Waals surface area (Å²) in [6.45, 7) is 1.61. The zero-order valence-electron chi connectivity index (χ0n) is 13.2. The number of benzene rings is 2. The summed E-state index contributed by atoms with van der Waals surface area (Å²) < 4.78 is 1.55. The Morgan fingerprint density at radius 3 is 2.42 bits per heavy atom. The molecule has 0 atom stereocenters. The van der Waals surface area contributed by atoms with Crippen LogP contribution in [0.25, 0.3) is 10.9 Å². The summed E-state index contributed by atoms with van der Waals surface area (Å²) in [6, 6.07) is 14.1. The Morgan fingerprint density at radius 1 is 1.08 bits per heavy atom. The Morgan fingerprint density at radius 2 is 1.79 bits per heavy atom. The van der Waals surface area contributed by atoms with Crippen LogP contribution in [0.5, 0.6) is 0 Å². The molecule has 0 aliphatic rings. The van der Waals surface area contributed by atoms with E-state index < -0.39 is 5.97 Å². The molecule has 0 saturated heterocycles. The number of carbonyl (C=O) groups excluding carboxylic acids is 1. The molecule has 2 aromatic carbocycles. The van der Waals surface area contributed by atoms with Gasteiger partial charge >= 0.3 is 5.97 Å². The lowest BCUT2D eigenvalue weighted by molar-refractivity contribution is -0.136. The number of carboxylic acid groups (broad SMARTS) is 1. The molecule has 0 aliphatic carbocycles. The third kappa shape index (κ3) is 2.70. The highest BCUT2D eigenvalue weighted by Crippen LogP contribution is 2.28. The molecule has 0 amide bonds. The molecule has 0 aliphatic heterocycles. The van der Waals surface area contributed by atoms with Crippen LogP contribution in [0.1, 0.15) is 27.2 Å². The molecular formula is C19H17NO4. The summed E-state index contributed by atoms with van der Waals surface area (Å²) in [5.74, 6) is -1.16. The van der Waals surface area contributed by atoms with E-state index in [-0.39, 0.29) is 18.9 Å². The zero-order chi connectivity index (χ0) is 17.3. The normalized spacial score (nSPS) is 10.9. The number of hydrogen-bond donors (Lipinski definition) is 2. The first-order valence-corrected chi connectivity index (χ1v) is 7.58. The van der Waals surface area contributed by atoms with Gasteiger partial charge in [-0.15, -0.1) is 0 Å². The second kappa shape index (κ2) is 6.29. The number of carboxylic acids is 1. The van der Waals surface area contributed by atoms with Crippen LogP contribution < -0.4 is 0 Å². The smallest absolute Gasteiger partial charge is 0.307 e. The van der Waals surface area contributed by atoms with Crippen molar-refractivity contribution in [3.8, 4) is 0 Å². The van der Waals surface area contributed by atoms with Crippen LogP contribution in [-0.4, -0.2) is 26.7 Å². The van der Waals surface area contributed by atoms with Gasteiger partial charge in [-0.2, -0.15) is 0 Å². The molecule has 1 aromatic heterocycles. The third-order valence-corrected chi connectivity index (χ3v) is 4.13. The Labute approximate surface area is 138 Å². The van der Waals surface area contributed by atoms with E-state index in [4.69, 9.17) is 0 Å². The van der Waals surface area contributed by atoms with Crippen molar-refractivity contribution >= 4 is 22.8 Å². The van der Waals surface area contributed by atoms with Gasteiger partial charge in [-0.25, -0.2) is 0 Å². The van der Waals surface area contributed by atoms with E-state index in [9.17, 15) is 19.8 Å². The SMILES string of the molecule is Cc1c(CC(=O)O)c2cc(CO)ccc2n1C(=O)c1ccccc1. The summed E-state index contributed by atoms with van der Waals surface area (Å²) >= 11 is 0. The van der Waals surface area contributed by atoms with Crippen LogP contribution in [-0.2, 0) is 17.8 Å². The minimum absolute atomic E-state index is 0.140. The fraction of sp³-hybridized carbons (Fsp3) is 0.158. The minimum atomic E-state index is -0.960. The Kier molecular flexibility index (Phi) is 4.18. The van der Waals surface area contributed by atoms with Gasteiger partial charge in [0.15, 0.2) is 0 Å². The fourth-order valence-corrected chi connectivity index (χ4v) is 2.97. The summed E-state index contributed by atoms with van der Waals surface area (Å²) in [6.07, 6.45) is -0.174. The van der Waals surface area contributed by atoms with Crippen LogP contribution in [0, 0.1) is 6.92 Å². The van der Waals surface area contributed by atoms with Crippen molar-refractivity contribution in [3.63, 3.8) is 0 Å². The average molecular weight is 323 g/mol. The summed E-state index contributed by atoms with van der Waals surface area (Å²) in [4.78, 5) is 24.1. The van der Waals surface area contributed by atoms with E-state index >= 15 is 0 Å². The summed E-state index contributed by atoms with van der Waals surface area (Å²) in [5, 5.41) is 19.2. The molecule has 0 radical (unpaired) electrons. The topological polar surface area (TPSA) is 79.5 Å². The molecule has 5 nitrogen and oxygen atoms in total. The maximum absolute atomic E-state index is 12.9. The highest BCUT2D eigenvalue weighted by molar-refractivity contribution is 6.04. The van der Waals surface area contributed by atoms with Crippen LogP contribution in [0.3, 0.4) is 0 Å². The number of rotatable bonds is 4. The summed E-state index contributed by atoms with van der Waals surface area (Å²) in [5.41, 5.74) is 3.06. The van der Waals surface area contributed by atoms with Crippen LogP contribution in [0.15, 0.2) is 48.5 Å². The third-order valence-electron chi connectivity index (χ3n) is 4.13. The van der Waals surface area contributed by atoms with E-state index in [2.05, 4.69) is 0 Å². The number of aliphatic hydroxyl groups excluding tert-OH is 1. The molecule has 5 heteroatoms. The number of fused-ring (bicyclic) bond motifs is 1. The quantitative estimate of drug-likeness (QED) is 0.774. The standard InChI is InChI=1S/C19H17NO4/c1-12-15(10-18(22)23)16-9-13(11-21)7-8-17(16)20(12)19(24)14-5-3-2-4-6-14/h2-9,21H,10-11H2,1H3,(H,22,23). The van der Waals surface area contributed by atoms with Gasteiger partial charge in [0.2, 0.25) is 0 Å². The second-order valence-corrected chi connectivity index (χ2v) is 5.65. The highest BCUT2D eigenvalue weighted by atomic mass is 16.4. The first kappa shape index (κ1) is 16.0. The van der Waals surface area contributed by atoms with Crippen molar-refractivity contribution in [2.75, 3.05) is 0 Å². The van der Waals surface area contributed by atoms with Crippen LogP contribution >= 0.6 is 0 Å². The first-order valence-electron chi connectivity index (χ1n) is 7.58. The lowest BCUT2D eigenvalue weighted by Gasteiger charge is -2.07. The largest absolute Gasteiger partial charge is 0.481 e. The molecule has 0 fully saturated rings. The molecule has 2 N–H and O–H groups in total. The minimum Gasteiger partial charge on any atom is -0.481 e. The van der Waals surface area contributed by atoms with Crippen molar-refractivity contribution in [3.05, 3.63) is 70.9 Å². The Balaban J connectivity index is 2.26. The molecule has 3 rings (SSSR count). The van der Waals surface area contributed by atoms with Crippen LogP contribution in [0.4, 0.5) is 0 Å². The predicted molar refractivity (Wildman–Crippen MR) is 90.1 cm³/mol. The molecule has 122 valence electrons. The van der Waals surface area contributed by atoms with Gasteiger partial charge < -0.3 is 10.2 Å². The van der Waals surface area contributed by atoms with Gasteiger partial charge in [0.25, 0.3) is 5.91 Å². The second-order valence-electron chi connectivity index (χ2n) is 5.65.